The van der Waals surface area contributed by atoms with Crippen LogP contribution in [0.25, 0.3) is 0 Å². The molecular formula is C23H36N2O2. The maximum atomic E-state index is 12.4. The standard InChI is InChI=1S/C23H36N2O2/c1-4-22(26)20-11-9-12-21(18-20)24-14-16-25(17-15-24)23(27)13-8-6-5-7-10-19(2)3/h9,11-12,18-19H,4-8,10,13-17H2,1-3H3. The Morgan fingerprint density at radius 1 is 1.00 bits per heavy atom. The van der Waals surface area contributed by atoms with E-state index in [1.165, 1.54) is 19.3 Å². The molecule has 1 saturated heterocycles. The summed E-state index contributed by atoms with van der Waals surface area (Å²) in [5.41, 5.74) is 1.87. The Morgan fingerprint density at radius 3 is 2.37 bits per heavy atom. The van der Waals surface area contributed by atoms with E-state index in [0.717, 1.165) is 56.2 Å². The lowest BCUT2D eigenvalue weighted by atomic mass is 10.0. The molecule has 1 fully saturated rings. The van der Waals surface area contributed by atoms with Gasteiger partial charge in [0, 0.05) is 50.3 Å². The van der Waals surface area contributed by atoms with Gasteiger partial charge in [-0.05, 0) is 24.5 Å². The van der Waals surface area contributed by atoms with E-state index in [4.69, 9.17) is 0 Å². The van der Waals surface area contributed by atoms with Gasteiger partial charge in [-0.3, -0.25) is 9.59 Å². The van der Waals surface area contributed by atoms with Crippen molar-refractivity contribution in [2.75, 3.05) is 31.1 Å². The molecule has 1 aliphatic heterocycles. The summed E-state index contributed by atoms with van der Waals surface area (Å²) in [7, 11) is 0. The molecule has 0 aliphatic carbocycles. The van der Waals surface area contributed by atoms with Crippen molar-refractivity contribution in [3.63, 3.8) is 0 Å². The number of rotatable bonds is 10. The summed E-state index contributed by atoms with van der Waals surface area (Å²) in [6.07, 6.45) is 7.21. The fourth-order valence-electron chi connectivity index (χ4n) is 3.63. The Bertz CT molecular complexity index is 604. The number of nitrogens with zero attached hydrogens (tertiary/aromatic N) is 2. The number of unbranched alkanes of at least 4 members (excludes halogenated alkanes) is 3. The van der Waals surface area contributed by atoms with Gasteiger partial charge in [0.15, 0.2) is 5.78 Å². The van der Waals surface area contributed by atoms with E-state index in [0.29, 0.717) is 18.7 Å². The summed E-state index contributed by atoms with van der Waals surface area (Å²) < 4.78 is 0. The molecule has 0 radical (unpaired) electrons. The molecular weight excluding hydrogens is 336 g/mol. The maximum Gasteiger partial charge on any atom is 0.222 e. The van der Waals surface area contributed by atoms with Crippen molar-refractivity contribution in [1.29, 1.82) is 0 Å². The zero-order valence-corrected chi connectivity index (χ0v) is 17.4. The number of amides is 1. The molecule has 27 heavy (non-hydrogen) atoms. The second kappa shape index (κ2) is 11.1. The van der Waals surface area contributed by atoms with E-state index < -0.39 is 0 Å². The number of ketones is 1. The van der Waals surface area contributed by atoms with Gasteiger partial charge in [0.05, 0.1) is 0 Å². The minimum atomic E-state index is 0.180. The summed E-state index contributed by atoms with van der Waals surface area (Å²) >= 11 is 0. The second-order valence-electron chi connectivity index (χ2n) is 8.04. The molecule has 0 unspecified atom stereocenters. The van der Waals surface area contributed by atoms with Crippen LogP contribution in [-0.4, -0.2) is 42.8 Å². The number of benzene rings is 1. The first-order chi connectivity index (χ1) is 13.0. The minimum Gasteiger partial charge on any atom is -0.368 e. The molecule has 1 amide bonds. The molecule has 0 N–H and O–H groups in total. The highest BCUT2D eigenvalue weighted by Crippen LogP contribution is 2.20. The second-order valence-corrected chi connectivity index (χ2v) is 8.04. The van der Waals surface area contributed by atoms with Crippen molar-refractivity contribution in [3.8, 4) is 0 Å². The summed E-state index contributed by atoms with van der Waals surface area (Å²) in [5.74, 6) is 1.26. The molecule has 0 aromatic heterocycles. The lowest BCUT2D eigenvalue weighted by Gasteiger charge is -2.36. The number of hydrogen-bond donors (Lipinski definition) is 0. The summed E-state index contributed by atoms with van der Waals surface area (Å²) in [5, 5.41) is 0. The normalized spacial score (nSPS) is 14.7. The SMILES string of the molecule is CCC(=O)c1cccc(N2CCN(C(=O)CCCCCCC(C)C)CC2)c1. The molecule has 0 spiro atoms. The van der Waals surface area contributed by atoms with Crippen molar-refractivity contribution in [1.82, 2.24) is 4.90 Å². The number of hydrogen-bond acceptors (Lipinski definition) is 3. The molecule has 0 saturated carbocycles. The summed E-state index contributed by atoms with van der Waals surface area (Å²) in [6, 6.07) is 7.88. The van der Waals surface area contributed by atoms with Gasteiger partial charge in [0.25, 0.3) is 0 Å². The van der Waals surface area contributed by atoms with Crippen LogP contribution in [0.3, 0.4) is 0 Å². The Kier molecular flexibility index (Phi) is 8.83. The average Bonchev–Trinajstić information content (AvgIpc) is 2.69. The highest BCUT2D eigenvalue weighted by atomic mass is 16.2. The third-order valence-electron chi connectivity index (χ3n) is 5.41. The van der Waals surface area contributed by atoms with E-state index in [1.807, 2.05) is 30.0 Å². The minimum absolute atomic E-state index is 0.180. The molecule has 1 aromatic rings. The molecule has 150 valence electrons. The monoisotopic (exact) mass is 372 g/mol. The van der Waals surface area contributed by atoms with Crippen LogP contribution in [0.4, 0.5) is 5.69 Å². The maximum absolute atomic E-state index is 12.4. The van der Waals surface area contributed by atoms with Gasteiger partial charge < -0.3 is 9.80 Å². The average molecular weight is 373 g/mol. The summed E-state index contributed by atoms with van der Waals surface area (Å²) in [4.78, 5) is 28.6. The number of anilines is 1. The first-order valence-electron chi connectivity index (χ1n) is 10.7. The zero-order chi connectivity index (χ0) is 19.6. The Morgan fingerprint density at radius 2 is 1.70 bits per heavy atom. The van der Waals surface area contributed by atoms with Crippen LogP contribution in [0, 0.1) is 5.92 Å². The number of Topliss-reactive ketones (excluding diaryl/α,β-unsaturated/α-hetero) is 1. The first kappa shape index (κ1) is 21.5. The van der Waals surface area contributed by atoms with Gasteiger partial charge in [0.1, 0.15) is 0 Å². The van der Waals surface area contributed by atoms with E-state index in [2.05, 4.69) is 24.8 Å². The Hall–Kier alpha value is -1.84. The molecule has 2 rings (SSSR count). The van der Waals surface area contributed by atoms with Crippen LogP contribution in [0.15, 0.2) is 24.3 Å². The number of carbonyl (C=O) groups excluding carboxylic acids is 2. The van der Waals surface area contributed by atoms with Crippen molar-refractivity contribution < 1.29 is 9.59 Å². The van der Waals surface area contributed by atoms with Gasteiger partial charge in [0.2, 0.25) is 5.91 Å². The highest BCUT2D eigenvalue weighted by Gasteiger charge is 2.21. The lowest BCUT2D eigenvalue weighted by molar-refractivity contribution is -0.131. The fourth-order valence-corrected chi connectivity index (χ4v) is 3.63. The topological polar surface area (TPSA) is 40.6 Å². The van der Waals surface area contributed by atoms with E-state index in [-0.39, 0.29) is 5.78 Å². The van der Waals surface area contributed by atoms with Crippen molar-refractivity contribution in [3.05, 3.63) is 29.8 Å². The van der Waals surface area contributed by atoms with Crippen LogP contribution in [0.1, 0.15) is 76.1 Å². The first-order valence-corrected chi connectivity index (χ1v) is 10.7. The molecule has 4 nitrogen and oxygen atoms in total. The molecule has 1 aromatic carbocycles. The van der Waals surface area contributed by atoms with Gasteiger partial charge in [-0.2, -0.15) is 0 Å². The van der Waals surface area contributed by atoms with Crippen molar-refractivity contribution in [2.24, 2.45) is 5.92 Å². The van der Waals surface area contributed by atoms with Crippen LogP contribution in [0.2, 0.25) is 0 Å². The molecule has 0 bridgehead atoms. The van der Waals surface area contributed by atoms with Gasteiger partial charge in [-0.1, -0.05) is 58.6 Å². The fraction of sp³-hybridized carbons (Fsp3) is 0.652. The van der Waals surface area contributed by atoms with Crippen molar-refractivity contribution >= 4 is 17.4 Å². The molecule has 1 heterocycles. The van der Waals surface area contributed by atoms with E-state index >= 15 is 0 Å². The zero-order valence-electron chi connectivity index (χ0n) is 17.4. The largest absolute Gasteiger partial charge is 0.368 e. The highest BCUT2D eigenvalue weighted by molar-refractivity contribution is 5.96. The number of carbonyl (C=O) groups is 2. The lowest BCUT2D eigenvalue weighted by Crippen LogP contribution is -2.48. The quantitative estimate of drug-likeness (QED) is 0.432. The van der Waals surface area contributed by atoms with Gasteiger partial charge in [-0.25, -0.2) is 0 Å². The molecule has 4 heteroatoms. The predicted octanol–water partition coefficient (Wildman–Crippen LogP) is 4.92. The number of piperazine rings is 1. The van der Waals surface area contributed by atoms with Gasteiger partial charge in [-0.15, -0.1) is 0 Å². The predicted molar refractivity (Wildman–Crippen MR) is 112 cm³/mol. The van der Waals surface area contributed by atoms with Crippen LogP contribution >= 0.6 is 0 Å². The smallest absolute Gasteiger partial charge is 0.222 e. The Labute approximate surface area is 164 Å². The third-order valence-corrected chi connectivity index (χ3v) is 5.41. The van der Waals surface area contributed by atoms with E-state index in [9.17, 15) is 9.59 Å². The van der Waals surface area contributed by atoms with Crippen molar-refractivity contribution in [2.45, 2.75) is 65.7 Å². The van der Waals surface area contributed by atoms with Crippen LogP contribution in [0.5, 0.6) is 0 Å². The van der Waals surface area contributed by atoms with Gasteiger partial charge >= 0.3 is 0 Å². The van der Waals surface area contributed by atoms with E-state index in [1.54, 1.807) is 0 Å². The summed E-state index contributed by atoms with van der Waals surface area (Å²) in [6.45, 7) is 9.65. The Balaban J connectivity index is 1.72. The van der Waals surface area contributed by atoms with Crippen LogP contribution < -0.4 is 4.90 Å². The third kappa shape index (κ3) is 7.00. The molecule has 1 aliphatic rings. The van der Waals surface area contributed by atoms with Crippen LogP contribution in [-0.2, 0) is 4.79 Å². The molecule has 0 atom stereocenters.